The second-order valence-corrected chi connectivity index (χ2v) is 4.28. The minimum absolute atomic E-state index is 0.0398. The van der Waals surface area contributed by atoms with E-state index in [1.807, 2.05) is 42.1 Å². The molecular weight excluding hydrogens is 240 g/mol. The van der Waals surface area contributed by atoms with Crippen molar-refractivity contribution in [3.8, 4) is 5.69 Å². The van der Waals surface area contributed by atoms with Crippen molar-refractivity contribution in [2.45, 2.75) is 12.8 Å². The zero-order valence-electron chi connectivity index (χ0n) is 11.0. The Kier molecular flexibility index (Phi) is 4.69. The molecule has 0 aliphatic carbocycles. The van der Waals surface area contributed by atoms with Crippen molar-refractivity contribution in [1.82, 2.24) is 14.9 Å². The molecule has 0 atom stereocenters. The molecule has 0 bridgehead atoms. The first kappa shape index (κ1) is 13.3. The number of anilines is 1. The molecule has 0 saturated heterocycles. The van der Waals surface area contributed by atoms with Crippen LogP contribution in [0.15, 0.2) is 43.0 Å². The molecule has 5 heteroatoms. The summed E-state index contributed by atoms with van der Waals surface area (Å²) in [6.07, 6.45) is 6.68. The van der Waals surface area contributed by atoms with E-state index in [2.05, 4.69) is 15.6 Å². The van der Waals surface area contributed by atoms with E-state index in [4.69, 9.17) is 0 Å². The molecule has 0 radical (unpaired) electrons. The Bertz CT molecular complexity index is 522. The highest BCUT2D eigenvalue weighted by molar-refractivity contribution is 5.90. The van der Waals surface area contributed by atoms with Crippen LogP contribution in [-0.4, -0.2) is 29.1 Å². The molecule has 0 spiro atoms. The predicted octanol–water partition coefficient (Wildman–Crippen LogP) is 1.81. The highest BCUT2D eigenvalue weighted by Gasteiger charge is 2.03. The van der Waals surface area contributed by atoms with Crippen LogP contribution < -0.4 is 10.6 Å². The van der Waals surface area contributed by atoms with Crippen LogP contribution in [-0.2, 0) is 4.79 Å². The van der Waals surface area contributed by atoms with E-state index in [1.54, 1.807) is 12.5 Å². The molecule has 1 aromatic heterocycles. The molecule has 0 unspecified atom stereocenters. The molecule has 2 N–H and O–H groups in total. The average molecular weight is 258 g/mol. The molecule has 2 rings (SSSR count). The lowest BCUT2D eigenvalue weighted by molar-refractivity contribution is -0.116. The van der Waals surface area contributed by atoms with Gasteiger partial charge in [0.05, 0.1) is 6.33 Å². The van der Waals surface area contributed by atoms with Gasteiger partial charge in [-0.25, -0.2) is 4.98 Å². The number of carbonyl (C=O) groups excluding carboxylic acids is 1. The normalized spacial score (nSPS) is 10.4. The van der Waals surface area contributed by atoms with Gasteiger partial charge in [-0.15, -0.1) is 0 Å². The van der Waals surface area contributed by atoms with Gasteiger partial charge in [0.2, 0.25) is 5.91 Å². The number of nitrogens with one attached hydrogen (secondary N) is 2. The van der Waals surface area contributed by atoms with Crippen molar-refractivity contribution in [2.75, 3.05) is 18.9 Å². The summed E-state index contributed by atoms with van der Waals surface area (Å²) < 4.78 is 1.90. The standard InChI is InChI=1S/C14H18N4O/c1-15-7-3-6-14(19)17-12-4-2-5-13(10-12)18-9-8-16-11-18/h2,4-5,8-11,15H,3,6-7H2,1H3,(H,17,19). The minimum atomic E-state index is 0.0398. The maximum Gasteiger partial charge on any atom is 0.224 e. The van der Waals surface area contributed by atoms with Crippen molar-refractivity contribution in [2.24, 2.45) is 0 Å². The van der Waals surface area contributed by atoms with Gasteiger partial charge in [-0.05, 0) is 38.2 Å². The molecule has 19 heavy (non-hydrogen) atoms. The van der Waals surface area contributed by atoms with Gasteiger partial charge >= 0.3 is 0 Å². The fourth-order valence-corrected chi connectivity index (χ4v) is 1.81. The summed E-state index contributed by atoms with van der Waals surface area (Å²) in [5.41, 5.74) is 1.78. The molecule has 1 amide bonds. The Labute approximate surface area is 112 Å². The maximum absolute atomic E-state index is 11.7. The molecule has 0 aliphatic rings. The summed E-state index contributed by atoms with van der Waals surface area (Å²) in [7, 11) is 1.88. The van der Waals surface area contributed by atoms with Gasteiger partial charge in [-0.1, -0.05) is 6.07 Å². The maximum atomic E-state index is 11.7. The molecule has 2 aromatic rings. The molecule has 1 aromatic carbocycles. The van der Waals surface area contributed by atoms with Crippen molar-refractivity contribution in [3.63, 3.8) is 0 Å². The van der Waals surface area contributed by atoms with Crippen LogP contribution in [0.3, 0.4) is 0 Å². The third-order valence-corrected chi connectivity index (χ3v) is 2.76. The first-order chi connectivity index (χ1) is 9.29. The molecular formula is C14H18N4O. The lowest BCUT2D eigenvalue weighted by Crippen LogP contribution is -2.15. The van der Waals surface area contributed by atoms with Gasteiger partial charge in [0.25, 0.3) is 0 Å². The Morgan fingerprint density at radius 2 is 2.32 bits per heavy atom. The van der Waals surface area contributed by atoms with Gasteiger partial charge in [-0.3, -0.25) is 4.79 Å². The Morgan fingerprint density at radius 3 is 3.05 bits per heavy atom. The van der Waals surface area contributed by atoms with Crippen LogP contribution in [0.25, 0.3) is 5.69 Å². The molecule has 0 saturated carbocycles. The van der Waals surface area contributed by atoms with Crippen molar-refractivity contribution in [3.05, 3.63) is 43.0 Å². The largest absolute Gasteiger partial charge is 0.326 e. The summed E-state index contributed by atoms with van der Waals surface area (Å²) in [5.74, 6) is 0.0398. The summed E-state index contributed by atoms with van der Waals surface area (Å²) >= 11 is 0. The summed E-state index contributed by atoms with van der Waals surface area (Å²) in [4.78, 5) is 15.7. The van der Waals surface area contributed by atoms with E-state index in [1.165, 1.54) is 0 Å². The van der Waals surface area contributed by atoms with Crippen molar-refractivity contribution in [1.29, 1.82) is 0 Å². The SMILES string of the molecule is CNCCCC(=O)Nc1cccc(-n2ccnc2)c1. The third-order valence-electron chi connectivity index (χ3n) is 2.76. The van der Waals surface area contributed by atoms with Crippen LogP contribution in [0.2, 0.25) is 0 Å². The minimum Gasteiger partial charge on any atom is -0.326 e. The molecule has 5 nitrogen and oxygen atoms in total. The van der Waals surface area contributed by atoms with E-state index >= 15 is 0 Å². The number of aromatic nitrogens is 2. The highest BCUT2D eigenvalue weighted by Crippen LogP contribution is 2.14. The van der Waals surface area contributed by atoms with Gasteiger partial charge in [-0.2, -0.15) is 0 Å². The second kappa shape index (κ2) is 6.70. The van der Waals surface area contributed by atoms with E-state index < -0.39 is 0 Å². The summed E-state index contributed by atoms with van der Waals surface area (Å²) in [6, 6.07) is 7.70. The molecule has 0 aliphatic heterocycles. The second-order valence-electron chi connectivity index (χ2n) is 4.28. The van der Waals surface area contributed by atoms with E-state index in [0.29, 0.717) is 6.42 Å². The molecule has 1 heterocycles. The monoisotopic (exact) mass is 258 g/mol. The fraction of sp³-hybridized carbons (Fsp3) is 0.286. The fourth-order valence-electron chi connectivity index (χ4n) is 1.81. The zero-order chi connectivity index (χ0) is 13.5. The predicted molar refractivity (Wildman–Crippen MR) is 75.4 cm³/mol. The van der Waals surface area contributed by atoms with Crippen LogP contribution in [0, 0.1) is 0 Å². The number of nitrogens with zero attached hydrogens (tertiary/aromatic N) is 2. The van der Waals surface area contributed by atoms with Gasteiger partial charge in [0, 0.05) is 30.2 Å². The summed E-state index contributed by atoms with van der Waals surface area (Å²) in [6.45, 7) is 0.850. The number of hydrogen-bond donors (Lipinski definition) is 2. The van der Waals surface area contributed by atoms with Crippen molar-refractivity contribution < 1.29 is 4.79 Å². The Morgan fingerprint density at radius 1 is 1.42 bits per heavy atom. The Balaban J connectivity index is 1.97. The number of carbonyl (C=O) groups is 1. The first-order valence-corrected chi connectivity index (χ1v) is 6.32. The van der Waals surface area contributed by atoms with Crippen molar-refractivity contribution >= 4 is 11.6 Å². The zero-order valence-corrected chi connectivity index (χ0v) is 11.0. The third kappa shape index (κ3) is 3.93. The topological polar surface area (TPSA) is 59.0 Å². The molecule has 0 fully saturated rings. The smallest absolute Gasteiger partial charge is 0.224 e. The number of benzene rings is 1. The van der Waals surface area contributed by atoms with Gasteiger partial charge in [0.15, 0.2) is 0 Å². The van der Waals surface area contributed by atoms with E-state index in [-0.39, 0.29) is 5.91 Å². The average Bonchev–Trinajstić information content (AvgIpc) is 2.93. The van der Waals surface area contributed by atoms with E-state index in [0.717, 1.165) is 24.3 Å². The summed E-state index contributed by atoms with van der Waals surface area (Å²) in [5, 5.41) is 5.93. The lowest BCUT2D eigenvalue weighted by atomic mass is 10.2. The van der Waals surface area contributed by atoms with Crippen LogP contribution >= 0.6 is 0 Å². The number of hydrogen-bond acceptors (Lipinski definition) is 3. The quantitative estimate of drug-likeness (QED) is 0.777. The van der Waals surface area contributed by atoms with Crippen LogP contribution in [0.4, 0.5) is 5.69 Å². The van der Waals surface area contributed by atoms with Crippen LogP contribution in [0.5, 0.6) is 0 Å². The van der Waals surface area contributed by atoms with E-state index in [9.17, 15) is 4.79 Å². The number of amides is 1. The lowest BCUT2D eigenvalue weighted by Gasteiger charge is -2.08. The van der Waals surface area contributed by atoms with Crippen LogP contribution in [0.1, 0.15) is 12.8 Å². The molecule has 100 valence electrons. The first-order valence-electron chi connectivity index (χ1n) is 6.32. The highest BCUT2D eigenvalue weighted by atomic mass is 16.1. The number of imidazole rings is 1. The Hall–Kier alpha value is -2.14. The number of rotatable bonds is 6. The van der Waals surface area contributed by atoms with Gasteiger partial charge < -0.3 is 15.2 Å². The van der Waals surface area contributed by atoms with Gasteiger partial charge in [0.1, 0.15) is 0 Å².